The van der Waals surface area contributed by atoms with Crippen LogP contribution in [0.25, 0.3) is 0 Å². The molecular formula is C14H24N6. The lowest BCUT2D eigenvalue weighted by molar-refractivity contribution is 0.249. The van der Waals surface area contributed by atoms with Gasteiger partial charge in [0, 0.05) is 31.1 Å². The zero-order valence-corrected chi connectivity index (χ0v) is 12.3. The van der Waals surface area contributed by atoms with Crippen LogP contribution in [0.2, 0.25) is 0 Å². The van der Waals surface area contributed by atoms with Crippen LogP contribution >= 0.6 is 0 Å². The molecule has 0 spiro atoms. The summed E-state index contributed by atoms with van der Waals surface area (Å²) in [5.74, 6) is 8.77. The molecule has 3 N–H and O–H groups in total. The Labute approximate surface area is 120 Å². The molecule has 1 saturated heterocycles. The number of piperidine rings is 1. The van der Waals surface area contributed by atoms with E-state index in [1.54, 1.807) is 0 Å². The fourth-order valence-electron chi connectivity index (χ4n) is 2.82. The van der Waals surface area contributed by atoms with Crippen LogP contribution in [0.4, 0.5) is 11.6 Å². The predicted octanol–water partition coefficient (Wildman–Crippen LogP) is 1.17. The lowest BCUT2D eigenvalue weighted by atomic mass is 10.0. The Morgan fingerprint density at radius 1 is 1.20 bits per heavy atom. The molecule has 3 rings (SSSR count). The zero-order valence-electron chi connectivity index (χ0n) is 12.3. The van der Waals surface area contributed by atoms with Crippen LogP contribution in [0, 0.1) is 0 Å². The third-order valence-corrected chi connectivity index (χ3v) is 4.34. The molecule has 0 bridgehead atoms. The highest BCUT2D eigenvalue weighted by atomic mass is 15.3. The first kappa shape index (κ1) is 13.6. The third-order valence-electron chi connectivity index (χ3n) is 4.34. The fourth-order valence-corrected chi connectivity index (χ4v) is 2.82. The number of hydrazine groups is 1. The number of nitrogens with zero attached hydrogens (tertiary/aromatic N) is 4. The van der Waals surface area contributed by atoms with Crippen LogP contribution < -0.4 is 16.2 Å². The molecule has 0 amide bonds. The normalized spacial score (nSPS) is 20.5. The lowest BCUT2D eigenvalue weighted by Crippen LogP contribution is -2.42. The molecule has 1 saturated carbocycles. The van der Waals surface area contributed by atoms with Crippen molar-refractivity contribution in [1.82, 2.24) is 14.9 Å². The van der Waals surface area contributed by atoms with E-state index in [1.807, 2.05) is 6.07 Å². The van der Waals surface area contributed by atoms with Gasteiger partial charge in [0.05, 0.1) is 0 Å². The molecule has 0 radical (unpaired) electrons. The van der Waals surface area contributed by atoms with Gasteiger partial charge in [0.25, 0.3) is 0 Å². The van der Waals surface area contributed by atoms with Gasteiger partial charge in [0.1, 0.15) is 17.5 Å². The van der Waals surface area contributed by atoms with Crippen molar-refractivity contribution in [2.75, 3.05) is 37.5 Å². The SMILES string of the molecule is CN(C)C1CCN(c2cc(NN)nc(C3CC3)n2)CC1. The number of nitrogens with two attached hydrogens (primary N) is 1. The molecule has 110 valence electrons. The summed E-state index contributed by atoms with van der Waals surface area (Å²) in [5.41, 5.74) is 2.67. The summed E-state index contributed by atoms with van der Waals surface area (Å²) < 4.78 is 0. The summed E-state index contributed by atoms with van der Waals surface area (Å²) >= 11 is 0. The molecular weight excluding hydrogens is 252 g/mol. The van der Waals surface area contributed by atoms with Crippen LogP contribution in [0.5, 0.6) is 0 Å². The van der Waals surface area contributed by atoms with Gasteiger partial charge in [-0.15, -0.1) is 0 Å². The number of aromatic nitrogens is 2. The molecule has 20 heavy (non-hydrogen) atoms. The topological polar surface area (TPSA) is 70.3 Å². The minimum absolute atomic E-state index is 0.543. The van der Waals surface area contributed by atoms with Crippen molar-refractivity contribution < 1.29 is 0 Å². The maximum atomic E-state index is 5.53. The quantitative estimate of drug-likeness (QED) is 0.635. The molecule has 2 heterocycles. The van der Waals surface area contributed by atoms with Crippen molar-refractivity contribution in [2.24, 2.45) is 5.84 Å². The first-order valence-electron chi connectivity index (χ1n) is 7.44. The molecule has 1 aromatic rings. The Bertz CT molecular complexity index is 463. The predicted molar refractivity (Wildman–Crippen MR) is 80.7 cm³/mol. The van der Waals surface area contributed by atoms with Gasteiger partial charge in [0.15, 0.2) is 0 Å². The molecule has 6 nitrogen and oxygen atoms in total. The van der Waals surface area contributed by atoms with Gasteiger partial charge in [-0.05, 0) is 39.8 Å². The molecule has 6 heteroatoms. The minimum atomic E-state index is 0.543. The third kappa shape index (κ3) is 2.86. The lowest BCUT2D eigenvalue weighted by Gasteiger charge is -2.36. The average Bonchev–Trinajstić information content (AvgIpc) is 3.31. The Morgan fingerprint density at radius 3 is 2.45 bits per heavy atom. The standard InChI is InChI=1S/C14H24N6/c1-19(2)11-5-7-20(8-6-11)13-9-12(18-15)16-14(17-13)10-3-4-10/h9-11H,3-8,15H2,1-2H3,(H,16,17,18). The van der Waals surface area contributed by atoms with Crippen molar-refractivity contribution in [2.45, 2.75) is 37.6 Å². The number of hydrogen-bond donors (Lipinski definition) is 2. The Balaban J connectivity index is 1.75. The Kier molecular flexibility index (Phi) is 3.76. The first-order valence-corrected chi connectivity index (χ1v) is 7.44. The zero-order chi connectivity index (χ0) is 14.1. The highest BCUT2D eigenvalue weighted by Gasteiger charge is 2.29. The molecule has 1 aliphatic heterocycles. The minimum Gasteiger partial charge on any atom is -0.356 e. The Hall–Kier alpha value is -1.40. The highest BCUT2D eigenvalue weighted by Crippen LogP contribution is 2.39. The molecule has 2 aliphatic rings. The van der Waals surface area contributed by atoms with E-state index in [-0.39, 0.29) is 0 Å². The van der Waals surface area contributed by atoms with E-state index in [9.17, 15) is 0 Å². The number of hydrogen-bond acceptors (Lipinski definition) is 6. The highest BCUT2D eigenvalue weighted by molar-refractivity contribution is 5.49. The van der Waals surface area contributed by atoms with Gasteiger partial charge in [-0.25, -0.2) is 15.8 Å². The maximum absolute atomic E-state index is 5.53. The van der Waals surface area contributed by atoms with Crippen LogP contribution in [-0.2, 0) is 0 Å². The van der Waals surface area contributed by atoms with E-state index in [2.05, 4.69) is 34.3 Å². The average molecular weight is 276 g/mol. The number of anilines is 2. The molecule has 0 atom stereocenters. The maximum Gasteiger partial charge on any atom is 0.145 e. The van der Waals surface area contributed by atoms with Crippen LogP contribution in [-0.4, -0.2) is 48.1 Å². The van der Waals surface area contributed by atoms with E-state index in [0.717, 1.165) is 30.5 Å². The van der Waals surface area contributed by atoms with Gasteiger partial charge in [0.2, 0.25) is 0 Å². The molecule has 1 aliphatic carbocycles. The van der Waals surface area contributed by atoms with Gasteiger partial charge in [-0.2, -0.15) is 0 Å². The molecule has 1 aromatic heterocycles. The summed E-state index contributed by atoms with van der Waals surface area (Å²) in [6, 6.07) is 2.64. The molecule has 2 fully saturated rings. The van der Waals surface area contributed by atoms with Crippen molar-refractivity contribution in [3.8, 4) is 0 Å². The van der Waals surface area contributed by atoms with Gasteiger partial charge in [-0.1, -0.05) is 0 Å². The van der Waals surface area contributed by atoms with Crippen molar-refractivity contribution in [3.63, 3.8) is 0 Å². The van der Waals surface area contributed by atoms with Crippen molar-refractivity contribution in [1.29, 1.82) is 0 Å². The summed E-state index contributed by atoms with van der Waals surface area (Å²) in [7, 11) is 4.32. The van der Waals surface area contributed by atoms with Crippen LogP contribution in [0.1, 0.15) is 37.4 Å². The second-order valence-corrected chi connectivity index (χ2v) is 6.07. The molecule has 0 unspecified atom stereocenters. The van der Waals surface area contributed by atoms with Gasteiger partial charge in [-0.3, -0.25) is 0 Å². The van der Waals surface area contributed by atoms with Crippen LogP contribution in [0.3, 0.4) is 0 Å². The van der Waals surface area contributed by atoms with Crippen LogP contribution in [0.15, 0.2) is 6.07 Å². The Morgan fingerprint density at radius 2 is 1.90 bits per heavy atom. The van der Waals surface area contributed by atoms with E-state index >= 15 is 0 Å². The second kappa shape index (κ2) is 5.54. The summed E-state index contributed by atoms with van der Waals surface area (Å²) in [6.45, 7) is 2.10. The first-order chi connectivity index (χ1) is 9.67. The van der Waals surface area contributed by atoms with E-state index in [4.69, 9.17) is 10.8 Å². The summed E-state index contributed by atoms with van der Waals surface area (Å²) in [4.78, 5) is 13.9. The number of nitrogen functional groups attached to an aromatic ring is 1. The fraction of sp³-hybridized carbons (Fsp3) is 0.714. The van der Waals surface area contributed by atoms with E-state index in [1.165, 1.54) is 25.7 Å². The smallest absolute Gasteiger partial charge is 0.145 e. The van der Waals surface area contributed by atoms with Gasteiger partial charge >= 0.3 is 0 Å². The number of nitrogens with one attached hydrogen (secondary N) is 1. The molecule has 0 aromatic carbocycles. The second-order valence-electron chi connectivity index (χ2n) is 6.07. The van der Waals surface area contributed by atoms with Crippen molar-refractivity contribution >= 4 is 11.6 Å². The van der Waals surface area contributed by atoms with Crippen molar-refractivity contribution in [3.05, 3.63) is 11.9 Å². The van der Waals surface area contributed by atoms with E-state index in [0.29, 0.717) is 12.0 Å². The monoisotopic (exact) mass is 276 g/mol. The summed E-state index contributed by atoms with van der Waals surface area (Å²) in [6.07, 6.45) is 4.77. The summed E-state index contributed by atoms with van der Waals surface area (Å²) in [5, 5.41) is 0. The van der Waals surface area contributed by atoms with E-state index < -0.39 is 0 Å². The largest absolute Gasteiger partial charge is 0.356 e. The number of rotatable bonds is 4. The van der Waals surface area contributed by atoms with Gasteiger partial charge < -0.3 is 15.2 Å².